The molecule has 1 saturated carbocycles. The van der Waals surface area contributed by atoms with Crippen molar-refractivity contribution in [2.24, 2.45) is 5.73 Å². The first-order chi connectivity index (χ1) is 10.2. The fourth-order valence-corrected chi connectivity index (χ4v) is 3.19. The van der Waals surface area contributed by atoms with Crippen LogP contribution in [0.1, 0.15) is 49.4 Å². The van der Waals surface area contributed by atoms with Gasteiger partial charge in [0.15, 0.2) is 5.82 Å². The lowest BCUT2D eigenvalue weighted by atomic mass is 9.74. The molecule has 2 N–H and O–H groups in total. The van der Waals surface area contributed by atoms with Crippen molar-refractivity contribution >= 4 is 11.6 Å². The summed E-state index contributed by atoms with van der Waals surface area (Å²) >= 11 is 5.89. The number of aromatic nitrogens is 2. The predicted octanol–water partition coefficient (Wildman–Crippen LogP) is 3.47. The Balaban J connectivity index is 1.77. The number of hydrogen-bond acceptors (Lipinski definition) is 4. The summed E-state index contributed by atoms with van der Waals surface area (Å²) in [5.41, 5.74) is 7.02. The van der Waals surface area contributed by atoms with Crippen LogP contribution in [-0.4, -0.2) is 16.7 Å². The Morgan fingerprint density at radius 3 is 2.52 bits per heavy atom. The number of hydrogen-bond donors (Lipinski definition) is 1. The van der Waals surface area contributed by atoms with Crippen molar-refractivity contribution in [2.75, 3.05) is 6.54 Å². The molecule has 0 unspecified atom stereocenters. The normalized spacial score (nSPS) is 17.8. The fourth-order valence-electron chi connectivity index (χ4n) is 3.06. The lowest BCUT2D eigenvalue weighted by Gasteiger charge is -2.32. The van der Waals surface area contributed by atoms with E-state index in [-0.39, 0.29) is 5.41 Å². The van der Waals surface area contributed by atoms with Gasteiger partial charge in [0, 0.05) is 18.0 Å². The number of nitrogens with two attached hydrogens (primary N) is 1. The second-order valence-electron chi connectivity index (χ2n) is 5.86. The third-order valence-corrected chi connectivity index (χ3v) is 4.65. The molecule has 0 atom stereocenters. The van der Waals surface area contributed by atoms with Gasteiger partial charge >= 0.3 is 0 Å². The molecule has 0 bridgehead atoms. The van der Waals surface area contributed by atoms with E-state index in [4.69, 9.17) is 21.9 Å². The zero-order chi connectivity index (χ0) is 14.7. The Hall–Kier alpha value is -1.39. The summed E-state index contributed by atoms with van der Waals surface area (Å²) < 4.78 is 5.53. The van der Waals surface area contributed by atoms with Gasteiger partial charge in [0.05, 0.1) is 5.41 Å². The Kier molecular flexibility index (Phi) is 4.27. The second kappa shape index (κ2) is 6.16. The molecule has 0 amide bonds. The predicted molar refractivity (Wildman–Crippen MR) is 82.4 cm³/mol. The Labute approximate surface area is 129 Å². The van der Waals surface area contributed by atoms with E-state index in [9.17, 15) is 0 Å². The highest BCUT2D eigenvalue weighted by Crippen LogP contribution is 2.37. The van der Waals surface area contributed by atoms with Crippen LogP contribution >= 0.6 is 11.6 Å². The average molecular weight is 306 g/mol. The quantitative estimate of drug-likeness (QED) is 0.939. The molecule has 0 saturated heterocycles. The van der Waals surface area contributed by atoms with E-state index in [2.05, 4.69) is 10.1 Å². The van der Waals surface area contributed by atoms with Crippen molar-refractivity contribution in [3.63, 3.8) is 0 Å². The molecule has 0 spiro atoms. The summed E-state index contributed by atoms with van der Waals surface area (Å²) in [7, 11) is 0. The molecule has 0 aliphatic heterocycles. The minimum absolute atomic E-state index is 0.108. The first-order valence-electron chi connectivity index (χ1n) is 7.49. The van der Waals surface area contributed by atoms with Crippen LogP contribution < -0.4 is 5.73 Å². The van der Waals surface area contributed by atoms with Crippen LogP contribution in [0.5, 0.6) is 0 Å². The zero-order valence-electron chi connectivity index (χ0n) is 12.0. The van der Waals surface area contributed by atoms with Crippen LogP contribution in [0.25, 0.3) is 0 Å². The van der Waals surface area contributed by atoms with Crippen molar-refractivity contribution in [1.82, 2.24) is 10.1 Å². The van der Waals surface area contributed by atoms with Gasteiger partial charge in [0.25, 0.3) is 0 Å². The first kappa shape index (κ1) is 14.5. The molecule has 3 rings (SSSR count). The largest absolute Gasteiger partial charge is 0.339 e. The maximum atomic E-state index is 6.01. The highest BCUT2D eigenvalue weighted by atomic mass is 35.5. The van der Waals surface area contributed by atoms with Crippen molar-refractivity contribution in [3.8, 4) is 0 Å². The van der Waals surface area contributed by atoms with Gasteiger partial charge in [-0.1, -0.05) is 48.2 Å². The maximum Gasteiger partial charge on any atom is 0.234 e. The second-order valence-corrected chi connectivity index (χ2v) is 6.30. The number of nitrogens with zero attached hydrogens (tertiary/aromatic N) is 2. The van der Waals surface area contributed by atoms with Crippen LogP contribution in [0, 0.1) is 0 Å². The van der Waals surface area contributed by atoms with E-state index >= 15 is 0 Å². The molecular formula is C16H20ClN3O. The Bertz CT molecular complexity index is 588. The zero-order valence-corrected chi connectivity index (χ0v) is 12.8. The summed E-state index contributed by atoms with van der Waals surface area (Å²) in [5, 5.41) is 4.86. The van der Waals surface area contributed by atoms with Gasteiger partial charge in [0.1, 0.15) is 0 Å². The molecule has 1 aliphatic rings. The highest BCUT2D eigenvalue weighted by Gasteiger charge is 2.37. The Morgan fingerprint density at radius 1 is 1.14 bits per heavy atom. The summed E-state index contributed by atoms with van der Waals surface area (Å²) in [6, 6.07) is 7.72. The van der Waals surface area contributed by atoms with Crippen LogP contribution in [-0.2, 0) is 11.8 Å². The Morgan fingerprint density at radius 2 is 1.86 bits per heavy atom. The van der Waals surface area contributed by atoms with Gasteiger partial charge < -0.3 is 10.3 Å². The molecule has 2 aromatic rings. The molecular weight excluding hydrogens is 286 g/mol. The van der Waals surface area contributed by atoms with Crippen LogP contribution in [0.4, 0.5) is 0 Å². The van der Waals surface area contributed by atoms with Crippen molar-refractivity contribution in [2.45, 2.75) is 43.9 Å². The third kappa shape index (κ3) is 3.11. The fraction of sp³-hybridized carbons (Fsp3) is 0.500. The van der Waals surface area contributed by atoms with Gasteiger partial charge in [-0.2, -0.15) is 4.98 Å². The topological polar surface area (TPSA) is 64.9 Å². The molecule has 112 valence electrons. The van der Waals surface area contributed by atoms with Gasteiger partial charge in [0.2, 0.25) is 5.89 Å². The molecule has 0 radical (unpaired) electrons. The minimum atomic E-state index is -0.108. The van der Waals surface area contributed by atoms with E-state index in [0.717, 1.165) is 23.4 Å². The summed E-state index contributed by atoms with van der Waals surface area (Å²) in [6.07, 6.45) is 6.39. The van der Waals surface area contributed by atoms with E-state index < -0.39 is 0 Å². The van der Waals surface area contributed by atoms with Gasteiger partial charge in [-0.25, -0.2) is 0 Å². The number of rotatable bonds is 4. The molecule has 4 nitrogen and oxygen atoms in total. The van der Waals surface area contributed by atoms with Crippen molar-refractivity contribution in [1.29, 1.82) is 0 Å². The molecule has 1 fully saturated rings. The van der Waals surface area contributed by atoms with Gasteiger partial charge in [-0.15, -0.1) is 0 Å². The highest BCUT2D eigenvalue weighted by molar-refractivity contribution is 6.30. The minimum Gasteiger partial charge on any atom is -0.339 e. The lowest BCUT2D eigenvalue weighted by molar-refractivity contribution is 0.219. The third-order valence-electron chi connectivity index (χ3n) is 4.40. The molecule has 1 heterocycles. The van der Waals surface area contributed by atoms with Crippen LogP contribution in [0.2, 0.25) is 5.02 Å². The van der Waals surface area contributed by atoms with Crippen molar-refractivity contribution < 1.29 is 4.52 Å². The summed E-state index contributed by atoms with van der Waals surface area (Å²) in [6.45, 7) is 0.579. The SMILES string of the molecule is NCC1(c2nc(Cc3ccc(Cl)cc3)no2)CCCCC1. The lowest BCUT2D eigenvalue weighted by Crippen LogP contribution is -2.37. The number of halogens is 1. The smallest absolute Gasteiger partial charge is 0.234 e. The van der Waals surface area contributed by atoms with Crippen molar-refractivity contribution in [3.05, 3.63) is 46.6 Å². The summed E-state index contributed by atoms with van der Waals surface area (Å²) in [4.78, 5) is 4.60. The van der Waals surface area contributed by atoms with Crippen LogP contribution in [0.3, 0.4) is 0 Å². The molecule has 1 aromatic heterocycles. The monoisotopic (exact) mass is 305 g/mol. The molecule has 1 aliphatic carbocycles. The van der Waals surface area contributed by atoms with E-state index in [0.29, 0.717) is 24.7 Å². The van der Waals surface area contributed by atoms with E-state index in [1.807, 2.05) is 24.3 Å². The summed E-state index contributed by atoms with van der Waals surface area (Å²) in [5.74, 6) is 1.43. The number of benzene rings is 1. The van der Waals surface area contributed by atoms with Gasteiger partial charge in [-0.3, -0.25) is 0 Å². The average Bonchev–Trinajstić information content (AvgIpc) is 2.99. The van der Waals surface area contributed by atoms with Gasteiger partial charge in [-0.05, 0) is 30.5 Å². The maximum absolute atomic E-state index is 6.01. The standard InChI is InChI=1S/C16H20ClN3O/c17-13-6-4-12(5-7-13)10-14-19-15(21-20-14)16(11-18)8-2-1-3-9-16/h4-7H,1-3,8-11,18H2. The molecule has 1 aromatic carbocycles. The van der Waals surface area contributed by atoms with E-state index in [1.54, 1.807) is 0 Å². The molecule has 21 heavy (non-hydrogen) atoms. The first-order valence-corrected chi connectivity index (χ1v) is 7.87. The molecule has 5 heteroatoms. The van der Waals surface area contributed by atoms with E-state index in [1.165, 1.54) is 19.3 Å². The van der Waals surface area contributed by atoms with Crippen LogP contribution in [0.15, 0.2) is 28.8 Å².